The molecule has 0 aliphatic carbocycles. The number of nitrogens with one attached hydrogen (secondary N) is 1. The summed E-state index contributed by atoms with van der Waals surface area (Å²) in [6, 6.07) is 7.67. The molecule has 0 aromatic heterocycles. The van der Waals surface area contributed by atoms with Gasteiger partial charge in [0.1, 0.15) is 0 Å². The molecule has 0 bridgehead atoms. The highest BCUT2D eigenvalue weighted by Gasteiger charge is 2.13. The molecule has 0 amide bonds. The fraction of sp³-hybridized carbons (Fsp3) is 0.462. The molecule has 1 rings (SSSR count). The smallest absolute Gasteiger partial charge is 0.170 e. The molecule has 4 N–H and O–H groups in total. The minimum atomic E-state index is 0.118. The van der Waals surface area contributed by atoms with E-state index in [-0.39, 0.29) is 11.4 Å². The highest BCUT2D eigenvalue weighted by molar-refractivity contribution is 5.97. The van der Waals surface area contributed by atoms with E-state index < -0.39 is 0 Å². The highest BCUT2D eigenvalue weighted by Crippen LogP contribution is 2.10. The summed E-state index contributed by atoms with van der Waals surface area (Å²) in [6.45, 7) is 7.26. The van der Waals surface area contributed by atoms with Crippen LogP contribution in [-0.2, 0) is 6.54 Å². The van der Waals surface area contributed by atoms with Crippen LogP contribution in [0.1, 0.15) is 38.3 Å². The van der Waals surface area contributed by atoms with Crippen LogP contribution in [-0.4, -0.2) is 16.6 Å². The van der Waals surface area contributed by atoms with E-state index in [1.165, 1.54) is 0 Å². The van der Waals surface area contributed by atoms with Gasteiger partial charge in [-0.15, -0.1) is 0 Å². The zero-order valence-corrected chi connectivity index (χ0v) is 10.7. The number of benzene rings is 1. The van der Waals surface area contributed by atoms with Crippen LogP contribution in [0.5, 0.6) is 0 Å². The number of rotatable bonds is 5. The Labute approximate surface area is 103 Å². The Bertz CT molecular complexity index is 399. The fourth-order valence-electron chi connectivity index (χ4n) is 1.36. The first kappa shape index (κ1) is 13.5. The predicted molar refractivity (Wildman–Crippen MR) is 70.2 cm³/mol. The van der Waals surface area contributed by atoms with Crippen molar-refractivity contribution in [3.05, 3.63) is 35.4 Å². The fourth-order valence-corrected chi connectivity index (χ4v) is 1.36. The highest BCUT2D eigenvalue weighted by atomic mass is 16.4. The quantitative estimate of drug-likeness (QED) is 0.316. The zero-order chi connectivity index (χ0) is 12.9. The summed E-state index contributed by atoms with van der Waals surface area (Å²) in [5.74, 6) is 0.140. The van der Waals surface area contributed by atoms with Crippen LogP contribution in [0, 0.1) is 0 Å². The normalized spacial score (nSPS) is 12.8. The molecule has 0 atom stereocenters. The Kier molecular flexibility index (Phi) is 4.52. The van der Waals surface area contributed by atoms with Crippen molar-refractivity contribution in [2.45, 2.75) is 39.3 Å². The summed E-state index contributed by atoms with van der Waals surface area (Å²) in [7, 11) is 0. The van der Waals surface area contributed by atoms with Crippen LogP contribution in [0.2, 0.25) is 0 Å². The molecule has 0 unspecified atom stereocenters. The van der Waals surface area contributed by atoms with Gasteiger partial charge < -0.3 is 16.3 Å². The van der Waals surface area contributed by atoms with Gasteiger partial charge in [-0.3, -0.25) is 0 Å². The van der Waals surface area contributed by atoms with Gasteiger partial charge in [0.25, 0.3) is 0 Å². The summed E-state index contributed by atoms with van der Waals surface area (Å²) < 4.78 is 0. The molecule has 1 aromatic rings. The van der Waals surface area contributed by atoms with E-state index in [1.807, 2.05) is 24.3 Å². The van der Waals surface area contributed by atoms with Crippen molar-refractivity contribution in [3.63, 3.8) is 0 Å². The minimum absolute atomic E-state index is 0.118. The molecule has 0 spiro atoms. The number of oxime groups is 1. The summed E-state index contributed by atoms with van der Waals surface area (Å²) in [6.07, 6.45) is 1.06. The third-order valence-corrected chi connectivity index (χ3v) is 2.99. The molecule has 0 aliphatic rings. The molecule has 0 saturated carbocycles. The van der Waals surface area contributed by atoms with E-state index in [0.717, 1.165) is 24.1 Å². The van der Waals surface area contributed by atoms with Crippen LogP contribution in [0.25, 0.3) is 0 Å². The molecule has 1 aromatic carbocycles. The first-order chi connectivity index (χ1) is 7.98. The van der Waals surface area contributed by atoms with Crippen molar-refractivity contribution < 1.29 is 5.21 Å². The second kappa shape index (κ2) is 5.68. The predicted octanol–water partition coefficient (Wildman–Crippen LogP) is 2.06. The lowest BCUT2D eigenvalue weighted by molar-refractivity contribution is 0.318. The third-order valence-electron chi connectivity index (χ3n) is 2.99. The topological polar surface area (TPSA) is 70.6 Å². The first-order valence-corrected chi connectivity index (χ1v) is 5.80. The Hall–Kier alpha value is -1.55. The number of hydrogen-bond donors (Lipinski definition) is 3. The second-order valence-electron chi connectivity index (χ2n) is 4.78. The van der Waals surface area contributed by atoms with E-state index in [0.29, 0.717) is 0 Å². The van der Waals surface area contributed by atoms with Crippen LogP contribution in [0.15, 0.2) is 29.4 Å². The number of nitrogens with two attached hydrogens (primary N) is 1. The molecule has 0 radical (unpaired) electrons. The zero-order valence-electron chi connectivity index (χ0n) is 10.7. The molecule has 4 nitrogen and oxygen atoms in total. The van der Waals surface area contributed by atoms with Crippen molar-refractivity contribution in [2.24, 2.45) is 10.9 Å². The Balaban J connectivity index is 2.73. The van der Waals surface area contributed by atoms with Crippen LogP contribution in [0.3, 0.4) is 0 Å². The molecule has 0 saturated heterocycles. The van der Waals surface area contributed by atoms with Gasteiger partial charge in [-0.25, -0.2) is 0 Å². The van der Waals surface area contributed by atoms with E-state index in [1.54, 1.807) is 0 Å². The van der Waals surface area contributed by atoms with Gasteiger partial charge in [-0.2, -0.15) is 0 Å². The van der Waals surface area contributed by atoms with E-state index in [4.69, 9.17) is 10.9 Å². The van der Waals surface area contributed by atoms with Crippen molar-refractivity contribution in [3.8, 4) is 0 Å². The summed E-state index contributed by atoms with van der Waals surface area (Å²) >= 11 is 0. The molecule has 94 valence electrons. The van der Waals surface area contributed by atoms with Gasteiger partial charge in [0.15, 0.2) is 5.84 Å². The summed E-state index contributed by atoms with van der Waals surface area (Å²) in [5, 5.41) is 15.1. The van der Waals surface area contributed by atoms with Gasteiger partial charge in [0.2, 0.25) is 0 Å². The summed E-state index contributed by atoms with van der Waals surface area (Å²) in [5.41, 5.74) is 7.53. The van der Waals surface area contributed by atoms with Gasteiger partial charge in [0.05, 0.1) is 0 Å². The Morgan fingerprint density at radius 1 is 1.47 bits per heavy atom. The molecular formula is C13H21N3O. The van der Waals surface area contributed by atoms with Crippen molar-refractivity contribution in [2.75, 3.05) is 0 Å². The van der Waals surface area contributed by atoms with Gasteiger partial charge in [-0.1, -0.05) is 30.3 Å². The van der Waals surface area contributed by atoms with E-state index >= 15 is 0 Å². The van der Waals surface area contributed by atoms with Gasteiger partial charge in [-0.05, 0) is 31.9 Å². The van der Waals surface area contributed by atoms with E-state index in [2.05, 4.69) is 31.2 Å². The lowest BCUT2D eigenvalue weighted by atomic mass is 10.0. The average Bonchev–Trinajstić information content (AvgIpc) is 2.36. The van der Waals surface area contributed by atoms with Crippen LogP contribution in [0.4, 0.5) is 0 Å². The SMILES string of the molecule is CCC(C)(C)NCc1cccc(C(N)=NO)c1. The molecule has 17 heavy (non-hydrogen) atoms. The molecule has 0 aliphatic heterocycles. The van der Waals surface area contributed by atoms with Gasteiger partial charge >= 0.3 is 0 Å². The average molecular weight is 235 g/mol. The molecule has 4 heteroatoms. The molecular weight excluding hydrogens is 214 g/mol. The monoisotopic (exact) mass is 235 g/mol. The van der Waals surface area contributed by atoms with Gasteiger partial charge in [0, 0.05) is 17.6 Å². The Morgan fingerprint density at radius 2 is 2.18 bits per heavy atom. The van der Waals surface area contributed by atoms with Crippen molar-refractivity contribution in [1.82, 2.24) is 5.32 Å². The number of amidine groups is 1. The Morgan fingerprint density at radius 3 is 2.76 bits per heavy atom. The lowest BCUT2D eigenvalue weighted by Gasteiger charge is -2.24. The maximum atomic E-state index is 8.62. The number of nitrogens with zero attached hydrogens (tertiary/aromatic N) is 1. The second-order valence-corrected chi connectivity index (χ2v) is 4.78. The lowest BCUT2D eigenvalue weighted by Crippen LogP contribution is -2.37. The van der Waals surface area contributed by atoms with Crippen LogP contribution < -0.4 is 11.1 Å². The number of hydrogen-bond acceptors (Lipinski definition) is 3. The van der Waals surface area contributed by atoms with Crippen molar-refractivity contribution in [1.29, 1.82) is 0 Å². The standard InChI is InChI=1S/C13H21N3O/c1-4-13(2,3)15-9-10-6-5-7-11(8-10)12(14)16-17/h5-8,15,17H,4,9H2,1-3H3,(H2,14,16). The minimum Gasteiger partial charge on any atom is -0.409 e. The molecule has 0 fully saturated rings. The first-order valence-electron chi connectivity index (χ1n) is 5.80. The van der Waals surface area contributed by atoms with Crippen LogP contribution >= 0.6 is 0 Å². The maximum Gasteiger partial charge on any atom is 0.170 e. The maximum absolute atomic E-state index is 8.62. The summed E-state index contributed by atoms with van der Waals surface area (Å²) in [4.78, 5) is 0. The largest absolute Gasteiger partial charge is 0.409 e. The van der Waals surface area contributed by atoms with E-state index in [9.17, 15) is 0 Å². The molecule has 0 heterocycles. The van der Waals surface area contributed by atoms with Crippen molar-refractivity contribution >= 4 is 5.84 Å². The third kappa shape index (κ3) is 4.07.